The minimum atomic E-state index is -0.00733. The number of benzene rings is 1. The van der Waals surface area contributed by atoms with Gasteiger partial charge in [-0.15, -0.1) is 0 Å². The van der Waals surface area contributed by atoms with Crippen molar-refractivity contribution in [1.82, 2.24) is 4.98 Å². The molecule has 25 heavy (non-hydrogen) atoms. The fraction of sp³-hybridized carbons (Fsp3) is 0.400. The Hall–Kier alpha value is -2.40. The minimum absolute atomic E-state index is 0.00733. The standard InChI is InChI=1S/C20H27N3O2/c1-16-5-7-17(8-6-16)9-12-20(25)23-18-10-11-19(22-15-18)21-13-3-2-4-14-24/h5-8,10-11,15,24H,2-4,9,12-14H2,1H3,(H,21,22)(H,23,25). The number of carbonyl (C=O) groups is 1. The van der Waals surface area contributed by atoms with Crippen LogP contribution in [0.15, 0.2) is 42.6 Å². The molecule has 0 aliphatic heterocycles. The zero-order valence-corrected chi connectivity index (χ0v) is 14.8. The van der Waals surface area contributed by atoms with E-state index < -0.39 is 0 Å². The van der Waals surface area contributed by atoms with Crippen LogP contribution in [0.3, 0.4) is 0 Å². The maximum atomic E-state index is 12.0. The number of pyridine rings is 1. The van der Waals surface area contributed by atoms with Gasteiger partial charge in [0, 0.05) is 19.6 Å². The van der Waals surface area contributed by atoms with E-state index in [1.54, 1.807) is 6.20 Å². The van der Waals surface area contributed by atoms with Gasteiger partial charge in [0.15, 0.2) is 0 Å². The lowest BCUT2D eigenvalue weighted by atomic mass is 10.1. The number of aliphatic hydroxyl groups excluding tert-OH is 1. The van der Waals surface area contributed by atoms with Gasteiger partial charge in [-0.2, -0.15) is 0 Å². The summed E-state index contributed by atoms with van der Waals surface area (Å²) < 4.78 is 0. The fourth-order valence-electron chi connectivity index (χ4n) is 2.44. The SMILES string of the molecule is Cc1ccc(CCC(=O)Nc2ccc(NCCCCCO)nc2)cc1. The minimum Gasteiger partial charge on any atom is -0.396 e. The Labute approximate surface area is 149 Å². The zero-order chi connectivity index (χ0) is 17.9. The van der Waals surface area contributed by atoms with Gasteiger partial charge >= 0.3 is 0 Å². The van der Waals surface area contributed by atoms with Crippen molar-refractivity contribution < 1.29 is 9.90 Å². The summed E-state index contributed by atoms with van der Waals surface area (Å²) in [4.78, 5) is 16.3. The molecule has 1 aromatic carbocycles. The van der Waals surface area contributed by atoms with Crippen LogP contribution in [0, 0.1) is 6.92 Å². The summed E-state index contributed by atoms with van der Waals surface area (Å²) >= 11 is 0. The monoisotopic (exact) mass is 341 g/mol. The molecule has 1 aromatic heterocycles. The van der Waals surface area contributed by atoms with Crippen molar-refractivity contribution >= 4 is 17.4 Å². The van der Waals surface area contributed by atoms with E-state index in [1.165, 1.54) is 11.1 Å². The molecule has 0 atom stereocenters. The van der Waals surface area contributed by atoms with Gasteiger partial charge in [-0.05, 0) is 50.3 Å². The number of hydrogen-bond acceptors (Lipinski definition) is 4. The van der Waals surface area contributed by atoms with E-state index in [4.69, 9.17) is 5.11 Å². The lowest BCUT2D eigenvalue weighted by molar-refractivity contribution is -0.116. The van der Waals surface area contributed by atoms with Crippen molar-refractivity contribution in [2.75, 3.05) is 23.8 Å². The van der Waals surface area contributed by atoms with Crippen LogP contribution < -0.4 is 10.6 Å². The molecule has 0 bridgehead atoms. The normalized spacial score (nSPS) is 10.5. The summed E-state index contributed by atoms with van der Waals surface area (Å²) in [5, 5.41) is 14.8. The van der Waals surface area contributed by atoms with E-state index in [-0.39, 0.29) is 12.5 Å². The number of aryl methyl sites for hydroxylation is 2. The summed E-state index contributed by atoms with van der Waals surface area (Å²) in [7, 11) is 0. The predicted molar refractivity (Wildman–Crippen MR) is 102 cm³/mol. The van der Waals surface area contributed by atoms with Crippen molar-refractivity contribution in [2.24, 2.45) is 0 Å². The molecule has 2 aromatic rings. The molecule has 0 aliphatic carbocycles. The topological polar surface area (TPSA) is 74.2 Å². The van der Waals surface area contributed by atoms with Gasteiger partial charge in [0.25, 0.3) is 0 Å². The molecule has 0 fully saturated rings. The van der Waals surface area contributed by atoms with Crippen molar-refractivity contribution in [2.45, 2.75) is 39.0 Å². The summed E-state index contributed by atoms with van der Waals surface area (Å²) in [5.41, 5.74) is 3.10. The van der Waals surface area contributed by atoms with E-state index in [0.717, 1.165) is 38.0 Å². The molecule has 1 heterocycles. The number of unbranched alkanes of at least 4 members (excludes halogenated alkanes) is 2. The number of rotatable bonds is 10. The molecular formula is C20H27N3O2. The van der Waals surface area contributed by atoms with Crippen LogP contribution in [0.25, 0.3) is 0 Å². The molecule has 0 spiro atoms. The van der Waals surface area contributed by atoms with Gasteiger partial charge in [-0.1, -0.05) is 29.8 Å². The van der Waals surface area contributed by atoms with E-state index in [0.29, 0.717) is 12.1 Å². The number of anilines is 2. The molecule has 0 saturated heterocycles. The summed E-state index contributed by atoms with van der Waals surface area (Å²) in [5.74, 6) is 0.786. The van der Waals surface area contributed by atoms with Crippen molar-refractivity contribution in [1.29, 1.82) is 0 Å². The van der Waals surface area contributed by atoms with Crippen LogP contribution in [0.1, 0.15) is 36.8 Å². The molecule has 2 rings (SSSR count). The van der Waals surface area contributed by atoms with Gasteiger partial charge in [-0.25, -0.2) is 4.98 Å². The number of carbonyl (C=O) groups excluding carboxylic acids is 1. The van der Waals surface area contributed by atoms with Crippen molar-refractivity contribution in [3.8, 4) is 0 Å². The number of nitrogens with one attached hydrogen (secondary N) is 2. The van der Waals surface area contributed by atoms with Crippen LogP contribution in [0.5, 0.6) is 0 Å². The highest BCUT2D eigenvalue weighted by atomic mass is 16.2. The Kier molecular flexibility index (Phi) is 7.92. The van der Waals surface area contributed by atoms with Crippen LogP contribution in [-0.2, 0) is 11.2 Å². The average molecular weight is 341 g/mol. The summed E-state index contributed by atoms with van der Waals surface area (Å²) in [6.45, 7) is 3.13. The fourth-order valence-corrected chi connectivity index (χ4v) is 2.44. The van der Waals surface area contributed by atoms with Crippen LogP contribution in [-0.4, -0.2) is 29.1 Å². The van der Waals surface area contributed by atoms with Gasteiger partial charge in [0.1, 0.15) is 5.82 Å². The Morgan fingerprint density at radius 2 is 1.88 bits per heavy atom. The van der Waals surface area contributed by atoms with Gasteiger partial charge < -0.3 is 15.7 Å². The molecular weight excluding hydrogens is 314 g/mol. The second-order valence-electron chi connectivity index (χ2n) is 6.18. The maximum Gasteiger partial charge on any atom is 0.224 e. The second-order valence-corrected chi connectivity index (χ2v) is 6.18. The molecule has 5 nitrogen and oxygen atoms in total. The molecule has 134 valence electrons. The zero-order valence-electron chi connectivity index (χ0n) is 14.8. The maximum absolute atomic E-state index is 12.0. The van der Waals surface area contributed by atoms with Crippen molar-refractivity contribution in [3.05, 3.63) is 53.7 Å². The second kappa shape index (κ2) is 10.5. The third-order valence-electron chi connectivity index (χ3n) is 3.95. The van der Waals surface area contributed by atoms with Crippen LogP contribution >= 0.6 is 0 Å². The molecule has 1 amide bonds. The van der Waals surface area contributed by atoms with Gasteiger partial charge in [0.05, 0.1) is 11.9 Å². The third-order valence-corrected chi connectivity index (χ3v) is 3.95. The van der Waals surface area contributed by atoms with E-state index in [2.05, 4.69) is 46.8 Å². The van der Waals surface area contributed by atoms with Crippen molar-refractivity contribution in [3.63, 3.8) is 0 Å². The van der Waals surface area contributed by atoms with E-state index in [1.807, 2.05) is 12.1 Å². The highest BCUT2D eigenvalue weighted by Crippen LogP contribution is 2.11. The largest absolute Gasteiger partial charge is 0.396 e. The molecule has 0 aliphatic rings. The number of nitrogens with zero attached hydrogens (tertiary/aromatic N) is 1. The first kappa shape index (κ1) is 18.9. The van der Waals surface area contributed by atoms with Gasteiger partial charge in [-0.3, -0.25) is 4.79 Å². The highest BCUT2D eigenvalue weighted by Gasteiger charge is 2.04. The number of amides is 1. The van der Waals surface area contributed by atoms with E-state index in [9.17, 15) is 4.79 Å². The molecule has 0 radical (unpaired) electrons. The Morgan fingerprint density at radius 3 is 2.56 bits per heavy atom. The summed E-state index contributed by atoms with van der Waals surface area (Å²) in [6.07, 6.45) is 5.68. The third kappa shape index (κ3) is 7.35. The molecule has 0 unspecified atom stereocenters. The average Bonchev–Trinajstić information content (AvgIpc) is 2.62. The molecule has 3 N–H and O–H groups in total. The molecule has 5 heteroatoms. The quantitative estimate of drug-likeness (QED) is 0.578. The highest BCUT2D eigenvalue weighted by molar-refractivity contribution is 5.90. The first-order chi connectivity index (χ1) is 12.2. The lowest BCUT2D eigenvalue weighted by Crippen LogP contribution is -2.12. The predicted octanol–water partition coefficient (Wildman–Crippen LogP) is 3.54. The lowest BCUT2D eigenvalue weighted by Gasteiger charge is -2.08. The van der Waals surface area contributed by atoms with E-state index >= 15 is 0 Å². The Morgan fingerprint density at radius 1 is 1.08 bits per heavy atom. The Balaban J connectivity index is 1.70. The summed E-state index contributed by atoms with van der Waals surface area (Å²) in [6, 6.07) is 12.0. The number of hydrogen-bond donors (Lipinski definition) is 3. The first-order valence-corrected chi connectivity index (χ1v) is 8.83. The van der Waals surface area contributed by atoms with Gasteiger partial charge in [0.2, 0.25) is 5.91 Å². The van der Waals surface area contributed by atoms with Crippen LogP contribution in [0.4, 0.5) is 11.5 Å². The molecule has 0 saturated carbocycles. The smallest absolute Gasteiger partial charge is 0.224 e. The number of aliphatic hydroxyl groups is 1. The van der Waals surface area contributed by atoms with Crippen LogP contribution in [0.2, 0.25) is 0 Å². The Bertz CT molecular complexity index is 639. The number of aromatic nitrogens is 1. The first-order valence-electron chi connectivity index (χ1n) is 8.83.